The first-order chi connectivity index (χ1) is 13.5. The minimum absolute atomic E-state index is 0.0467. The van der Waals surface area contributed by atoms with Crippen LogP contribution in [0.25, 0.3) is 0 Å². The Balaban J connectivity index is 1.87. The van der Waals surface area contributed by atoms with Gasteiger partial charge in [0.25, 0.3) is 5.91 Å². The molecule has 6 heteroatoms. The van der Waals surface area contributed by atoms with E-state index < -0.39 is 5.97 Å². The van der Waals surface area contributed by atoms with E-state index in [-0.39, 0.29) is 18.9 Å². The number of carbonyl (C=O) groups is 2. The van der Waals surface area contributed by atoms with E-state index >= 15 is 0 Å². The van der Waals surface area contributed by atoms with Gasteiger partial charge < -0.3 is 19.5 Å². The molecule has 0 bridgehead atoms. The van der Waals surface area contributed by atoms with Gasteiger partial charge in [-0.2, -0.15) is 0 Å². The summed E-state index contributed by atoms with van der Waals surface area (Å²) in [5, 5.41) is 2.73. The maximum Gasteiger partial charge on any atom is 0.310 e. The molecule has 0 radical (unpaired) electrons. The summed E-state index contributed by atoms with van der Waals surface area (Å²) in [5.41, 5.74) is 2.54. The molecule has 28 heavy (non-hydrogen) atoms. The number of amides is 1. The first kappa shape index (κ1) is 21.3. The van der Waals surface area contributed by atoms with Crippen LogP contribution in [0.5, 0.6) is 11.5 Å². The normalized spacial score (nSPS) is 10.2. The lowest BCUT2D eigenvalue weighted by Gasteiger charge is -2.12. The van der Waals surface area contributed by atoms with E-state index in [2.05, 4.69) is 5.32 Å². The molecule has 2 aromatic rings. The second kappa shape index (κ2) is 11.0. The molecule has 0 heterocycles. The third-order valence-electron chi connectivity index (χ3n) is 3.94. The Labute approximate surface area is 165 Å². The highest BCUT2D eigenvalue weighted by Crippen LogP contribution is 2.28. The zero-order chi connectivity index (χ0) is 20.4. The lowest BCUT2D eigenvalue weighted by molar-refractivity contribution is -0.146. The number of hydrogen-bond donors (Lipinski definition) is 1. The number of nitrogens with one attached hydrogen (secondary N) is 1. The van der Waals surface area contributed by atoms with Crippen LogP contribution in [0.1, 0.15) is 31.9 Å². The molecule has 0 aliphatic rings. The first-order valence-electron chi connectivity index (χ1n) is 9.48. The van der Waals surface area contributed by atoms with Crippen molar-refractivity contribution in [2.45, 2.75) is 33.6 Å². The third-order valence-corrected chi connectivity index (χ3v) is 3.94. The molecule has 0 aromatic heterocycles. The molecule has 0 aliphatic heterocycles. The number of hydrogen-bond acceptors (Lipinski definition) is 5. The Bertz CT molecular complexity index is 803. The van der Waals surface area contributed by atoms with E-state index in [1.54, 1.807) is 24.3 Å². The molecule has 0 aliphatic carbocycles. The molecular weight excluding hydrogens is 358 g/mol. The smallest absolute Gasteiger partial charge is 0.310 e. The molecule has 0 spiro atoms. The largest absolute Gasteiger partial charge is 0.490 e. The van der Waals surface area contributed by atoms with Gasteiger partial charge >= 0.3 is 5.97 Å². The van der Waals surface area contributed by atoms with Crippen LogP contribution in [0.3, 0.4) is 0 Å². The Morgan fingerprint density at radius 2 is 1.64 bits per heavy atom. The van der Waals surface area contributed by atoms with Crippen LogP contribution in [-0.4, -0.2) is 31.7 Å². The fourth-order valence-corrected chi connectivity index (χ4v) is 2.64. The second-order valence-electron chi connectivity index (χ2n) is 6.09. The second-order valence-corrected chi connectivity index (χ2v) is 6.09. The van der Waals surface area contributed by atoms with E-state index in [9.17, 15) is 9.59 Å². The summed E-state index contributed by atoms with van der Waals surface area (Å²) in [4.78, 5) is 24.1. The number of aryl methyl sites for hydroxylation is 1. The predicted octanol–water partition coefficient (Wildman–Crippen LogP) is 3.77. The van der Waals surface area contributed by atoms with Crippen LogP contribution in [0, 0.1) is 0 Å². The summed E-state index contributed by atoms with van der Waals surface area (Å²) in [6, 6.07) is 12.9. The van der Waals surface area contributed by atoms with Gasteiger partial charge in [-0.15, -0.1) is 0 Å². The van der Waals surface area contributed by atoms with Crippen molar-refractivity contribution in [2.75, 3.05) is 25.1 Å². The average molecular weight is 385 g/mol. The van der Waals surface area contributed by atoms with Gasteiger partial charge in [-0.25, -0.2) is 0 Å². The van der Waals surface area contributed by atoms with Crippen LogP contribution in [0.4, 0.5) is 5.69 Å². The average Bonchev–Trinajstić information content (AvgIpc) is 2.69. The van der Waals surface area contributed by atoms with Gasteiger partial charge in [0.15, 0.2) is 18.1 Å². The Morgan fingerprint density at radius 3 is 2.36 bits per heavy atom. The number of esters is 1. The Kier molecular flexibility index (Phi) is 8.34. The standard InChI is InChI=1S/C22H27NO5/c1-4-16-8-7-9-18(12-16)23-21(24)15-28-22(25)14-17-10-11-19(26-5-2)20(13-17)27-6-3/h7-13H,4-6,14-15H2,1-3H3,(H,23,24). The van der Waals surface area contributed by atoms with E-state index in [0.717, 1.165) is 17.5 Å². The predicted molar refractivity (Wildman–Crippen MR) is 108 cm³/mol. The van der Waals surface area contributed by atoms with E-state index in [4.69, 9.17) is 14.2 Å². The monoisotopic (exact) mass is 385 g/mol. The summed E-state index contributed by atoms with van der Waals surface area (Å²) in [6.45, 7) is 6.51. The van der Waals surface area contributed by atoms with Crippen LogP contribution in [0.2, 0.25) is 0 Å². The highest BCUT2D eigenvalue weighted by Gasteiger charge is 2.12. The number of ether oxygens (including phenoxy) is 3. The fraction of sp³-hybridized carbons (Fsp3) is 0.364. The zero-order valence-corrected chi connectivity index (χ0v) is 16.6. The molecule has 0 saturated carbocycles. The molecule has 0 saturated heterocycles. The summed E-state index contributed by atoms with van der Waals surface area (Å²) in [6.07, 6.45) is 0.926. The van der Waals surface area contributed by atoms with E-state index in [0.29, 0.717) is 30.4 Å². The van der Waals surface area contributed by atoms with Crippen molar-refractivity contribution in [3.05, 3.63) is 53.6 Å². The van der Waals surface area contributed by atoms with Gasteiger partial charge in [0.1, 0.15) is 0 Å². The maximum absolute atomic E-state index is 12.1. The Morgan fingerprint density at radius 1 is 0.893 bits per heavy atom. The molecule has 2 rings (SSSR count). The van der Waals surface area contributed by atoms with Gasteiger partial charge in [-0.3, -0.25) is 9.59 Å². The van der Waals surface area contributed by atoms with Crippen molar-refractivity contribution >= 4 is 17.6 Å². The summed E-state index contributed by atoms with van der Waals surface area (Å²) in [7, 11) is 0. The van der Waals surface area contributed by atoms with E-state index in [1.807, 2.05) is 39.0 Å². The van der Waals surface area contributed by atoms with Crippen molar-refractivity contribution in [2.24, 2.45) is 0 Å². The van der Waals surface area contributed by atoms with Gasteiger partial charge in [0, 0.05) is 5.69 Å². The molecule has 1 amide bonds. The quantitative estimate of drug-likeness (QED) is 0.630. The maximum atomic E-state index is 12.1. The molecule has 0 unspecified atom stereocenters. The van der Waals surface area contributed by atoms with Crippen molar-refractivity contribution in [1.82, 2.24) is 0 Å². The molecule has 150 valence electrons. The minimum atomic E-state index is -0.482. The van der Waals surface area contributed by atoms with Gasteiger partial charge in [-0.05, 0) is 55.7 Å². The van der Waals surface area contributed by atoms with Crippen molar-refractivity contribution < 1.29 is 23.8 Å². The SMILES string of the molecule is CCOc1ccc(CC(=O)OCC(=O)Nc2cccc(CC)c2)cc1OCC. The van der Waals surface area contributed by atoms with Crippen LogP contribution in [0.15, 0.2) is 42.5 Å². The van der Waals surface area contributed by atoms with Crippen LogP contribution < -0.4 is 14.8 Å². The third kappa shape index (κ3) is 6.61. The molecule has 1 N–H and O–H groups in total. The van der Waals surface area contributed by atoms with Crippen molar-refractivity contribution in [3.63, 3.8) is 0 Å². The zero-order valence-electron chi connectivity index (χ0n) is 16.6. The Hall–Kier alpha value is -3.02. The molecule has 0 atom stereocenters. The number of carbonyl (C=O) groups excluding carboxylic acids is 2. The van der Waals surface area contributed by atoms with Gasteiger partial charge in [-0.1, -0.05) is 25.1 Å². The molecule has 2 aromatic carbocycles. The number of benzene rings is 2. The highest BCUT2D eigenvalue weighted by molar-refractivity contribution is 5.93. The topological polar surface area (TPSA) is 73.9 Å². The molecular formula is C22H27NO5. The van der Waals surface area contributed by atoms with Gasteiger partial charge in [0.2, 0.25) is 0 Å². The van der Waals surface area contributed by atoms with E-state index in [1.165, 1.54) is 0 Å². The van der Waals surface area contributed by atoms with Crippen molar-refractivity contribution in [1.29, 1.82) is 0 Å². The highest BCUT2D eigenvalue weighted by atomic mass is 16.5. The lowest BCUT2D eigenvalue weighted by Crippen LogP contribution is -2.21. The number of anilines is 1. The summed E-state index contributed by atoms with van der Waals surface area (Å²) < 4.78 is 16.2. The molecule has 6 nitrogen and oxygen atoms in total. The minimum Gasteiger partial charge on any atom is -0.490 e. The molecule has 0 fully saturated rings. The van der Waals surface area contributed by atoms with Gasteiger partial charge in [0.05, 0.1) is 19.6 Å². The number of rotatable bonds is 10. The fourth-order valence-electron chi connectivity index (χ4n) is 2.64. The first-order valence-corrected chi connectivity index (χ1v) is 9.48. The van der Waals surface area contributed by atoms with Crippen molar-refractivity contribution in [3.8, 4) is 11.5 Å². The lowest BCUT2D eigenvalue weighted by atomic mass is 10.1. The summed E-state index contributed by atoms with van der Waals surface area (Å²) in [5.74, 6) is 0.366. The van der Waals surface area contributed by atoms with Crippen LogP contribution in [-0.2, 0) is 27.2 Å². The van der Waals surface area contributed by atoms with Crippen LogP contribution >= 0.6 is 0 Å². The summed E-state index contributed by atoms with van der Waals surface area (Å²) >= 11 is 0.